The van der Waals surface area contributed by atoms with Crippen LogP contribution in [0.15, 0.2) is 16.6 Å². The van der Waals surface area contributed by atoms with Crippen LogP contribution in [0.4, 0.5) is 4.39 Å². The van der Waals surface area contributed by atoms with Gasteiger partial charge >= 0.3 is 0 Å². The first-order valence-corrected chi connectivity index (χ1v) is 5.33. The van der Waals surface area contributed by atoms with Crippen molar-refractivity contribution in [2.75, 3.05) is 0 Å². The molecule has 0 bridgehead atoms. The highest BCUT2D eigenvalue weighted by Gasteiger charge is 2.17. The lowest BCUT2D eigenvalue weighted by Crippen LogP contribution is -2.35. The van der Waals surface area contributed by atoms with E-state index in [1.54, 1.807) is 6.07 Å². The van der Waals surface area contributed by atoms with Gasteiger partial charge in [-0.25, -0.2) is 4.39 Å². The monoisotopic (exact) mass is 259 g/mol. The minimum atomic E-state index is -0.383. The SMILES string of the molecule is Cc1c(Br)ccc(F)c1CC(C)(C)N. The molecule has 1 nitrogen and oxygen atoms in total. The number of halogens is 2. The third kappa shape index (κ3) is 2.79. The lowest BCUT2D eigenvalue weighted by atomic mass is 9.93. The summed E-state index contributed by atoms with van der Waals surface area (Å²) in [4.78, 5) is 0. The highest BCUT2D eigenvalue weighted by Crippen LogP contribution is 2.24. The molecule has 0 saturated heterocycles. The van der Waals surface area contributed by atoms with Crippen LogP contribution in [-0.2, 0) is 6.42 Å². The first kappa shape index (κ1) is 11.7. The minimum Gasteiger partial charge on any atom is -0.325 e. The standard InChI is InChI=1S/C11H15BrFN/c1-7-8(6-11(2,3)14)10(13)5-4-9(7)12/h4-5H,6,14H2,1-3H3. The Bertz CT molecular complexity index is 342. The van der Waals surface area contributed by atoms with Crippen LogP contribution < -0.4 is 5.73 Å². The van der Waals surface area contributed by atoms with E-state index in [0.29, 0.717) is 12.0 Å². The molecule has 0 heterocycles. The highest BCUT2D eigenvalue weighted by molar-refractivity contribution is 9.10. The van der Waals surface area contributed by atoms with Gasteiger partial charge in [-0.1, -0.05) is 15.9 Å². The van der Waals surface area contributed by atoms with Gasteiger partial charge in [-0.3, -0.25) is 0 Å². The van der Waals surface area contributed by atoms with E-state index in [4.69, 9.17) is 5.73 Å². The van der Waals surface area contributed by atoms with Gasteiger partial charge in [0.15, 0.2) is 0 Å². The first-order chi connectivity index (χ1) is 6.31. The zero-order chi connectivity index (χ0) is 10.9. The van der Waals surface area contributed by atoms with Crippen molar-refractivity contribution in [1.82, 2.24) is 0 Å². The van der Waals surface area contributed by atoms with Gasteiger partial charge < -0.3 is 5.73 Å². The molecule has 0 unspecified atom stereocenters. The van der Waals surface area contributed by atoms with Crippen LogP contribution in [0.3, 0.4) is 0 Å². The highest BCUT2D eigenvalue weighted by atomic mass is 79.9. The summed E-state index contributed by atoms with van der Waals surface area (Å²) >= 11 is 3.38. The zero-order valence-corrected chi connectivity index (χ0v) is 10.3. The fraction of sp³-hybridized carbons (Fsp3) is 0.455. The molecule has 0 aliphatic carbocycles. The average molecular weight is 260 g/mol. The summed E-state index contributed by atoms with van der Waals surface area (Å²) in [6.07, 6.45) is 0.546. The molecule has 0 atom stereocenters. The van der Waals surface area contributed by atoms with Crippen LogP contribution in [0.25, 0.3) is 0 Å². The molecule has 0 aromatic heterocycles. The van der Waals surface area contributed by atoms with Crippen LogP contribution in [0.1, 0.15) is 25.0 Å². The van der Waals surface area contributed by atoms with Crippen molar-refractivity contribution in [2.45, 2.75) is 32.7 Å². The van der Waals surface area contributed by atoms with Crippen molar-refractivity contribution in [3.05, 3.63) is 33.5 Å². The molecular weight excluding hydrogens is 245 g/mol. The van der Waals surface area contributed by atoms with E-state index >= 15 is 0 Å². The Balaban J connectivity index is 3.13. The van der Waals surface area contributed by atoms with Gasteiger partial charge in [0.1, 0.15) is 5.82 Å². The predicted octanol–water partition coefficient (Wildman–Crippen LogP) is 3.18. The number of hydrogen-bond donors (Lipinski definition) is 1. The van der Waals surface area contributed by atoms with Crippen LogP contribution in [0, 0.1) is 12.7 Å². The van der Waals surface area contributed by atoms with E-state index in [1.165, 1.54) is 6.07 Å². The largest absolute Gasteiger partial charge is 0.325 e. The average Bonchev–Trinajstić information content (AvgIpc) is 2.04. The molecule has 1 aromatic carbocycles. The maximum atomic E-state index is 13.5. The van der Waals surface area contributed by atoms with Gasteiger partial charge in [-0.05, 0) is 50.5 Å². The van der Waals surface area contributed by atoms with Crippen LogP contribution in [-0.4, -0.2) is 5.54 Å². The molecule has 3 heteroatoms. The van der Waals surface area contributed by atoms with Crippen molar-refractivity contribution in [1.29, 1.82) is 0 Å². The van der Waals surface area contributed by atoms with Crippen molar-refractivity contribution >= 4 is 15.9 Å². The molecule has 2 N–H and O–H groups in total. The van der Waals surface area contributed by atoms with Crippen molar-refractivity contribution < 1.29 is 4.39 Å². The van der Waals surface area contributed by atoms with E-state index in [2.05, 4.69) is 15.9 Å². The number of rotatable bonds is 2. The predicted molar refractivity (Wildman–Crippen MR) is 60.8 cm³/mol. The molecule has 0 amide bonds. The zero-order valence-electron chi connectivity index (χ0n) is 8.70. The normalized spacial score (nSPS) is 11.9. The van der Waals surface area contributed by atoms with Gasteiger partial charge in [-0.2, -0.15) is 0 Å². The number of hydrogen-bond acceptors (Lipinski definition) is 1. The second-order valence-electron chi connectivity index (χ2n) is 4.30. The van der Waals surface area contributed by atoms with Crippen molar-refractivity contribution in [3.63, 3.8) is 0 Å². The smallest absolute Gasteiger partial charge is 0.126 e. The van der Waals surface area contributed by atoms with Crippen LogP contribution in [0.5, 0.6) is 0 Å². The maximum absolute atomic E-state index is 13.5. The topological polar surface area (TPSA) is 26.0 Å². The Morgan fingerprint density at radius 3 is 2.50 bits per heavy atom. The Hall–Kier alpha value is -0.410. The molecule has 1 rings (SSSR count). The van der Waals surface area contributed by atoms with Gasteiger partial charge in [0.05, 0.1) is 0 Å². The lowest BCUT2D eigenvalue weighted by Gasteiger charge is -2.20. The van der Waals surface area contributed by atoms with Crippen molar-refractivity contribution in [3.8, 4) is 0 Å². The van der Waals surface area contributed by atoms with Gasteiger partial charge in [0, 0.05) is 10.0 Å². The van der Waals surface area contributed by atoms with Gasteiger partial charge in [0.2, 0.25) is 0 Å². The summed E-state index contributed by atoms with van der Waals surface area (Å²) in [5.41, 5.74) is 7.13. The lowest BCUT2D eigenvalue weighted by molar-refractivity contribution is 0.495. The molecular formula is C11H15BrFN. The minimum absolute atomic E-state index is 0.177. The van der Waals surface area contributed by atoms with Crippen molar-refractivity contribution in [2.24, 2.45) is 5.73 Å². The van der Waals surface area contributed by atoms with E-state index in [0.717, 1.165) is 10.0 Å². The Labute approximate surface area is 92.6 Å². The van der Waals surface area contributed by atoms with Gasteiger partial charge in [0.25, 0.3) is 0 Å². The molecule has 78 valence electrons. The quantitative estimate of drug-likeness (QED) is 0.868. The first-order valence-electron chi connectivity index (χ1n) is 4.53. The Morgan fingerprint density at radius 1 is 1.43 bits per heavy atom. The molecule has 0 fully saturated rings. The summed E-state index contributed by atoms with van der Waals surface area (Å²) in [6, 6.07) is 3.19. The summed E-state index contributed by atoms with van der Waals surface area (Å²) in [7, 11) is 0. The Kier molecular flexibility index (Phi) is 3.32. The fourth-order valence-electron chi connectivity index (χ4n) is 1.37. The summed E-state index contributed by atoms with van der Waals surface area (Å²) < 4.78 is 14.4. The number of benzene rings is 1. The molecule has 1 aromatic rings. The summed E-state index contributed by atoms with van der Waals surface area (Å²) in [5.74, 6) is -0.177. The van der Waals surface area contributed by atoms with E-state index < -0.39 is 0 Å². The second kappa shape index (κ2) is 3.99. The van der Waals surface area contributed by atoms with Crippen LogP contribution in [0.2, 0.25) is 0 Å². The van der Waals surface area contributed by atoms with E-state index in [9.17, 15) is 4.39 Å². The molecule has 14 heavy (non-hydrogen) atoms. The fourth-order valence-corrected chi connectivity index (χ4v) is 1.74. The molecule has 0 aliphatic heterocycles. The third-order valence-electron chi connectivity index (χ3n) is 2.11. The summed E-state index contributed by atoms with van der Waals surface area (Å²) in [6.45, 7) is 5.69. The molecule has 0 saturated carbocycles. The van der Waals surface area contributed by atoms with E-state index in [1.807, 2.05) is 20.8 Å². The maximum Gasteiger partial charge on any atom is 0.126 e. The molecule has 0 radical (unpaired) electrons. The number of nitrogens with two attached hydrogens (primary N) is 1. The van der Waals surface area contributed by atoms with E-state index in [-0.39, 0.29) is 11.4 Å². The molecule has 0 spiro atoms. The molecule has 0 aliphatic rings. The summed E-state index contributed by atoms with van der Waals surface area (Å²) in [5, 5.41) is 0. The van der Waals surface area contributed by atoms with Crippen LogP contribution >= 0.6 is 15.9 Å². The second-order valence-corrected chi connectivity index (χ2v) is 5.15. The Morgan fingerprint density at radius 2 is 2.00 bits per heavy atom. The third-order valence-corrected chi connectivity index (χ3v) is 2.97. The van der Waals surface area contributed by atoms with Gasteiger partial charge in [-0.15, -0.1) is 0 Å².